The van der Waals surface area contributed by atoms with Gasteiger partial charge in [0.2, 0.25) is 11.8 Å². The molecule has 0 heterocycles. The molecule has 0 aliphatic rings. The smallest absolute Gasteiger partial charge is 0.224 e. The quantitative estimate of drug-likeness (QED) is 0.583. The van der Waals surface area contributed by atoms with Crippen molar-refractivity contribution in [2.75, 3.05) is 5.32 Å². The first-order valence-electron chi connectivity index (χ1n) is 7.71. The molecule has 0 aliphatic heterocycles. The van der Waals surface area contributed by atoms with E-state index in [9.17, 15) is 14.7 Å². The molecule has 0 fully saturated rings. The van der Waals surface area contributed by atoms with Gasteiger partial charge in [-0.2, -0.15) is 0 Å². The molecule has 6 heteroatoms. The number of aromatic hydroxyl groups is 1. The van der Waals surface area contributed by atoms with Crippen molar-refractivity contribution in [3.8, 4) is 5.75 Å². The van der Waals surface area contributed by atoms with Gasteiger partial charge in [-0.3, -0.25) is 9.59 Å². The topological polar surface area (TPSA) is 104 Å². The van der Waals surface area contributed by atoms with Crippen molar-refractivity contribution in [2.45, 2.75) is 25.9 Å². The monoisotopic (exact) mass is 327 g/mol. The van der Waals surface area contributed by atoms with Crippen molar-refractivity contribution in [1.29, 1.82) is 0 Å². The van der Waals surface area contributed by atoms with Gasteiger partial charge in [0, 0.05) is 25.9 Å². The summed E-state index contributed by atoms with van der Waals surface area (Å²) in [5.74, 6) is -0.535. The average molecular weight is 327 g/mol. The van der Waals surface area contributed by atoms with Gasteiger partial charge >= 0.3 is 0 Å². The number of nitrogens with one attached hydrogen (secondary N) is 2. The average Bonchev–Trinajstić information content (AvgIpc) is 2.60. The Hall–Kier alpha value is -2.86. The first-order valence-corrected chi connectivity index (χ1v) is 7.71. The summed E-state index contributed by atoms with van der Waals surface area (Å²) in [5.41, 5.74) is 7.88. The highest BCUT2D eigenvalue weighted by Crippen LogP contribution is 2.21. The first-order chi connectivity index (χ1) is 11.6. The molecule has 2 rings (SSSR count). The van der Waals surface area contributed by atoms with Gasteiger partial charge in [0.25, 0.3) is 0 Å². The molecule has 0 radical (unpaired) electrons. The number of hydrogen-bond acceptors (Lipinski definition) is 4. The third-order valence-corrected chi connectivity index (χ3v) is 3.47. The highest BCUT2D eigenvalue weighted by molar-refractivity contribution is 5.94. The number of benzene rings is 2. The fraction of sp³-hybridized carbons (Fsp3) is 0.222. The number of carbonyl (C=O) groups is 2. The van der Waals surface area contributed by atoms with E-state index in [1.807, 2.05) is 24.3 Å². The van der Waals surface area contributed by atoms with Crippen LogP contribution in [0.25, 0.3) is 0 Å². The molecule has 6 nitrogen and oxygen atoms in total. The Morgan fingerprint density at radius 3 is 2.42 bits per heavy atom. The number of amides is 2. The number of para-hydroxylation sites is 2. The Morgan fingerprint density at radius 1 is 0.958 bits per heavy atom. The molecular formula is C18H21N3O3. The summed E-state index contributed by atoms with van der Waals surface area (Å²) in [6, 6.07) is 14.1. The number of carbonyl (C=O) groups excluding carboxylic acids is 2. The Bertz CT molecular complexity index is 716. The normalized spacial score (nSPS) is 10.2. The summed E-state index contributed by atoms with van der Waals surface area (Å²) in [4.78, 5) is 23.6. The van der Waals surface area contributed by atoms with Gasteiger partial charge < -0.3 is 21.5 Å². The molecule has 2 aromatic rings. The van der Waals surface area contributed by atoms with Gasteiger partial charge in [-0.15, -0.1) is 0 Å². The van der Waals surface area contributed by atoms with Crippen LogP contribution in [0.15, 0.2) is 48.5 Å². The highest BCUT2D eigenvalue weighted by Gasteiger charge is 2.09. The van der Waals surface area contributed by atoms with Crippen LogP contribution in [-0.4, -0.2) is 16.9 Å². The van der Waals surface area contributed by atoms with E-state index in [0.717, 1.165) is 11.1 Å². The standard InChI is InChI=1S/C18H21N3O3/c19-11-13-4-3-5-14(10-13)12-20-17(23)8-9-18(24)21-15-6-1-2-7-16(15)22/h1-7,10,22H,8-9,11-12,19H2,(H,20,23)(H,21,24). The van der Waals surface area contributed by atoms with E-state index in [1.54, 1.807) is 18.2 Å². The molecule has 24 heavy (non-hydrogen) atoms. The number of anilines is 1. The van der Waals surface area contributed by atoms with Gasteiger partial charge in [0.1, 0.15) is 5.75 Å². The van der Waals surface area contributed by atoms with Crippen LogP contribution in [0.1, 0.15) is 24.0 Å². The van der Waals surface area contributed by atoms with Gasteiger partial charge in [-0.05, 0) is 23.3 Å². The van der Waals surface area contributed by atoms with Crippen molar-refractivity contribution in [3.05, 3.63) is 59.7 Å². The molecule has 0 spiro atoms. The van der Waals surface area contributed by atoms with Crippen molar-refractivity contribution in [2.24, 2.45) is 5.73 Å². The van der Waals surface area contributed by atoms with Crippen LogP contribution in [-0.2, 0) is 22.7 Å². The van der Waals surface area contributed by atoms with Crippen LogP contribution < -0.4 is 16.4 Å². The maximum absolute atomic E-state index is 11.8. The predicted octanol–water partition coefficient (Wildman–Crippen LogP) is 1.89. The number of hydrogen-bond donors (Lipinski definition) is 4. The van der Waals surface area contributed by atoms with E-state index in [1.165, 1.54) is 6.07 Å². The van der Waals surface area contributed by atoms with Crippen molar-refractivity contribution in [3.63, 3.8) is 0 Å². The highest BCUT2D eigenvalue weighted by atomic mass is 16.3. The lowest BCUT2D eigenvalue weighted by molar-refractivity contribution is -0.124. The third kappa shape index (κ3) is 5.40. The van der Waals surface area contributed by atoms with Gasteiger partial charge in [0.05, 0.1) is 5.69 Å². The van der Waals surface area contributed by atoms with Crippen LogP contribution in [0, 0.1) is 0 Å². The predicted molar refractivity (Wildman–Crippen MR) is 92.2 cm³/mol. The number of phenolic OH excluding ortho intramolecular Hbond substituents is 1. The second kappa shape index (κ2) is 8.69. The van der Waals surface area contributed by atoms with E-state index < -0.39 is 0 Å². The molecule has 0 atom stereocenters. The van der Waals surface area contributed by atoms with E-state index in [0.29, 0.717) is 18.8 Å². The molecule has 0 unspecified atom stereocenters. The maximum Gasteiger partial charge on any atom is 0.224 e. The summed E-state index contributed by atoms with van der Waals surface area (Å²) in [5, 5.41) is 14.9. The molecule has 0 bridgehead atoms. The molecule has 5 N–H and O–H groups in total. The van der Waals surface area contributed by atoms with E-state index in [2.05, 4.69) is 10.6 Å². The summed E-state index contributed by atoms with van der Waals surface area (Å²) >= 11 is 0. The van der Waals surface area contributed by atoms with Crippen molar-refractivity contribution >= 4 is 17.5 Å². The van der Waals surface area contributed by atoms with Gasteiger partial charge in [-0.1, -0.05) is 36.4 Å². The Kier molecular flexibility index (Phi) is 6.33. The number of rotatable bonds is 7. The molecular weight excluding hydrogens is 306 g/mol. The number of nitrogens with two attached hydrogens (primary N) is 1. The van der Waals surface area contributed by atoms with E-state index in [4.69, 9.17) is 5.73 Å². The molecule has 0 saturated heterocycles. The molecule has 0 saturated carbocycles. The molecule has 2 aromatic carbocycles. The fourth-order valence-electron chi connectivity index (χ4n) is 2.17. The van der Waals surface area contributed by atoms with Crippen LogP contribution in [0.2, 0.25) is 0 Å². The lowest BCUT2D eigenvalue weighted by Gasteiger charge is -2.08. The fourth-order valence-corrected chi connectivity index (χ4v) is 2.17. The van der Waals surface area contributed by atoms with Gasteiger partial charge in [0.15, 0.2) is 0 Å². The number of phenols is 1. The van der Waals surface area contributed by atoms with Gasteiger partial charge in [-0.25, -0.2) is 0 Å². The molecule has 2 amide bonds. The van der Waals surface area contributed by atoms with E-state index in [-0.39, 0.29) is 30.4 Å². The zero-order valence-corrected chi connectivity index (χ0v) is 13.3. The minimum atomic E-state index is -0.322. The molecule has 0 aliphatic carbocycles. The first kappa shape index (κ1) is 17.5. The second-order valence-corrected chi connectivity index (χ2v) is 5.37. The van der Waals surface area contributed by atoms with Crippen LogP contribution in [0.5, 0.6) is 5.75 Å². The summed E-state index contributed by atoms with van der Waals surface area (Å²) in [7, 11) is 0. The molecule has 0 aromatic heterocycles. The second-order valence-electron chi connectivity index (χ2n) is 5.37. The zero-order valence-electron chi connectivity index (χ0n) is 13.3. The third-order valence-electron chi connectivity index (χ3n) is 3.47. The summed E-state index contributed by atoms with van der Waals surface area (Å²) in [6.45, 7) is 0.849. The molecule has 126 valence electrons. The Balaban J connectivity index is 1.74. The van der Waals surface area contributed by atoms with Crippen LogP contribution in [0.4, 0.5) is 5.69 Å². The lowest BCUT2D eigenvalue weighted by Crippen LogP contribution is -2.24. The maximum atomic E-state index is 11.8. The van der Waals surface area contributed by atoms with Crippen LogP contribution >= 0.6 is 0 Å². The lowest BCUT2D eigenvalue weighted by atomic mass is 10.1. The van der Waals surface area contributed by atoms with E-state index >= 15 is 0 Å². The zero-order chi connectivity index (χ0) is 17.4. The van der Waals surface area contributed by atoms with Crippen LogP contribution in [0.3, 0.4) is 0 Å². The van der Waals surface area contributed by atoms with Crippen molar-refractivity contribution in [1.82, 2.24) is 5.32 Å². The minimum Gasteiger partial charge on any atom is -0.506 e. The minimum absolute atomic E-state index is 0.00455. The summed E-state index contributed by atoms with van der Waals surface area (Å²) in [6.07, 6.45) is 0.124. The van der Waals surface area contributed by atoms with Crippen molar-refractivity contribution < 1.29 is 14.7 Å². The SMILES string of the molecule is NCc1cccc(CNC(=O)CCC(=O)Nc2ccccc2O)c1. The Morgan fingerprint density at radius 2 is 1.67 bits per heavy atom. The largest absolute Gasteiger partial charge is 0.506 e. The summed E-state index contributed by atoms with van der Waals surface area (Å²) < 4.78 is 0. The Labute approximate surface area is 140 Å².